The summed E-state index contributed by atoms with van der Waals surface area (Å²) in [4.78, 5) is 12.7. The zero-order chi connectivity index (χ0) is 15.7. The normalized spacial score (nSPS) is 10.9. The Kier molecular flexibility index (Phi) is 4.28. The lowest BCUT2D eigenvalue weighted by molar-refractivity contribution is 0.584. The van der Waals surface area contributed by atoms with Crippen molar-refractivity contribution in [1.29, 1.82) is 0 Å². The van der Waals surface area contributed by atoms with Gasteiger partial charge in [-0.1, -0.05) is 24.4 Å². The number of benzene rings is 1. The summed E-state index contributed by atoms with van der Waals surface area (Å²) in [6.45, 7) is 8.11. The van der Waals surface area contributed by atoms with Crippen molar-refractivity contribution in [3.05, 3.63) is 57.4 Å². The summed E-state index contributed by atoms with van der Waals surface area (Å²) < 4.78 is 1.75. The molecule has 0 spiro atoms. The molecule has 4 heteroatoms. The van der Waals surface area contributed by atoms with E-state index >= 15 is 0 Å². The maximum absolute atomic E-state index is 12.6. The quantitative estimate of drug-likeness (QED) is 0.884. The monoisotopic (exact) mass is 300 g/mol. The number of pyridine rings is 1. The number of aryl methyl sites for hydroxylation is 2. The van der Waals surface area contributed by atoms with Crippen LogP contribution in [-0.4, -0.2) is 9.56 Å². The second-order valence-corrected chi connectivity index (χ2v) is 6.00. The van der Waals surface area contributed by atoms with E-state index in [1.807, 2.05) is 26.0 Å². The van der Waals surface area contributed by atoms with Crippen LogP contribution in [0, 0.1) is 13.8 Å². The smallest absolute Gasteiger partial charge is 0.261 e. The van der Waals surface area contributed by atoms with Crippen LogP contribution in [0.4, 0.5) is 0 Å². The Labute approximate surface area is 130 Å². The molecule has 1 heterocycles. The van der Waals surface area contributed by atoms with Gasteiger partial charge in [-0.05, 0) is 62.6 Å². The second kappa shape index (κ2) is 5.82. The average molecular weight is 300 g/mol. The Balaban J connectivity index is 2.74. The molecule has 0 saturated carbocycles. The molecular weight excluding hydrogens is 280 g/mol. The number of hydrogen-bond acceptors (Lipinski definition) is 2. The van der Waals surface area contributed by atoms with E-state index in [1.165, 1.54) is 11.1 Å². The minimum atomic E-state index is -0.131. The van der Waals surface area contributed by atoms with Crippen molar-refractivity contribution in [2.75, 3.05) is 0 Å². The van der Waals surface area contributed by atoms with Crippen LogP contribution in [-0.2, 0) is 0 Å². The summed E-state index contributed by atoms with van der Waals surface area (Å²) in [5.41, 5.74) is 10.2. The fourth-order valence-electron chi connectivity index (χ4n) is 2.39. The van der Waals surface area contributed by atoms with Crippen molar-refractivity contribution in [2.24, 2.45) is 5.73 Å². The van der Waals surface area contributed by atoms with Crippen molar-refractivity contribution in [1.82, 2.24) is 4.57 Å². The third-order valence-corrected chi connectivity index (χ3v) is 3.92. The lowest BCUT2D eigenvalue weighted by Gasteiger charge is -2.18. The average Bonchev–Trinajstić information content (AvgIpc) is 2.40. The van der Waals surface area contributed by atoms with Crippen LogP contribution in [0.1, 0.15) is 36.6 Å². The molecule has 0 atom stereocenters. The fourth-order valence-corrected chi connectivity index (χ4v) is 2.54. The molecule has 1 aromatic heterocycles. The molecule has 3 nitrogen and oxygen atoms in total. The van der Waals surface area contributed by atoms with Gasteiger partial charge in [0, 0.05) is 6.04 Å². The highest BCUT2D eigenvalue weighted by Gasteiger charge is 2.14. The third-order valence-electron chi connectivity index (χ3n) is 3.70. The molecule has 0 aliphatic heterocycles. The van der Waals surface area contributed by atoms with Gasteiger partial charge in [0.15, 0.2) is 0 Å². The summed E-state index contributed by atoms with van der Waals surface area (Å²) in [5, 5.41) is 0. The second-order valence-electron chi connectivity index (χ2n) is 5.56. The highest BCUT2D eigenvalue weighted by molar-refractivity contribution is 7.80. The molecule has 0 aliphatic carbocycles. The number of aromatic nitrogens is 1. The Morgan fingerprint density at radius 1 is 1.14 bits per heavy atom. The van der Waals surface area contributed by atoms with E-state index in [0.29, 0.717) is 5.56 Å². The van der Waals surface area contributed by atoms with Gasteiger partial charge in [-0.3, -0.25) is 4.79 Å². The molecule has 0 saturated heterocycles. The van der Waals surface area contributed by atoms with Gasteiger partial charge >= 0.3 is 0 Å². The Morgan fingerprint density at radius 3 is 2.33 bits per heavy atom. The zero-order valence-electron chi connectivity index (χ0n) is 12.8. The summed E-state index contributed by atoms with van der Waals surface area (Å²) >= 11 is 4.96. The first-order chi connectivity index (χ1) is 9.82. The van der Waals surface area contributed by atoms with Crippen LogP contribution in [0.25, 0.3) is 11.3 Å². The van der Waals surface area contributed by atoms with Crippen molar-refractivity contribution in [3.63, 3.8) is 0 Å². The van der Waals surface area contributed by atoms with Crippen molar-refractivity contribution in [2.45, 2.75) is 33.7 Å². The van der Waals surface area contributed by atoms with E-state index in [1.54, 1.807) is 10.6 Å². The Bertz CT molecular complexity index is 760. The van der Waals surface area contributed by atoms with Gasteiger partial charge in [-0.2, -0.15) is 0 Å². The van der Waals surface area contributed by atoms with Crippen LogP contribution in [0.3, 0.4) is 0 Å². The van der Waals surface area contributed by atoms with Gasteiger partial charge in [0.25, 0.3) is 5.56 Å². The first kappa shape index (κ1) is 15.4. The topological polar surface area (TPSA) is 48.0 Å². The molecule has 2 aromatic rings. The van der Waals surface area contributed by atoms with Crippen LogP contribution < -0.4 is 11.3 Å². The van der Waals surface area contributed by atoms with Gasteiger partial charge in [-0.25, -0.2) is 0 Å². The zero-order valence-corrected chi connectivity index (χ0v) is 13.6. The molecule has 2 rings (SSSR count). The molecule has 0 aliphatic rings. The molecule has 2 N–H and O–H groups in total. The van der Waals surface area contributed by atoms with E-state index < -0.39 is 0 Å². The molecule has 0 fully saturated rings. The van der Waals surface area contributed by atoms with Crippen molar-refractivity contribution < 1.29 is 0 Å². The van der Waals surface area contributed by atoms with Gasteiger partial charge in [-0.15, -0.1) is 0 Å². The van der Waals surface area contributed by atoms with Crippen LogP contribution in [0.2, 0.25) is 0 Å². The SMILES string of the molecule is Cc1ccc(-c2ccc(C(N)=S)c(=O)n2C(C)C)cc1C. The van der Waals surface area contributed by atoms with E-state index in [-0.39, 0.29) is 16.6 Å². The molecule has 110 valence electrons. The lowest BCUT2D eigenvalue weighted by atomic mass is 10.0. The van der Waals surface area contributed by atoms with E-state index in [9.17, 15) is 4.79 Å². The summed E-state index contributed by atoms with van der Waals surface area (Å²) in [5.74, 6) is 0. The number of nitrogens with two attached hydrogens (primary N) is 1. The van der Waals surface area contributed by atoms with Crippen molar-refractivity contribution >= 4 is 17.2 Å². The summed E-state index contributed by atoms with van der Waals surface area (Å²) in [7, 11) is 0. The molecule has 0 amide bonds. The van der Waals surface area contributed by atoms with Crippen LogP contribution in [0.5, 0.6) is 0 Å². The maximum Gasteiger partial charge on any atom is 0.261 e. The van der Waals surface area contributed by atoms with Crippen LogP contribution >= 0.6 is 12.2 Å². The predicted octanol–water partition coefficient (Wildman–Crippen LogP) is 3.35. The largest absolute Gasteiger partial charge is 0.389 e. The maximum atomic E-state index is 12.6. The van der Waals surface area contributed by atoms with Gasteiger partial charge in [0.2, 0.25) is 0 Å². The molecule has 0 bridgehead atoms. The predicted molar refractivity (Wildman–Crippen MR) is 91.9 cm³/mol. The van der Waals surface area contributed by atoms with Gasteiger partial charge in [0.1, 0.15) is 4.99 Å². The highest BCUT2D eigenvalue weighted by Crippen LogP contribution is 2.23. The Hall–Kier alpha value is -1.94. The number of thiocarbonyl (C=S) groups is 1. The Morgan fingerprint density at radius 2 is 1.81 bits per heavy atom. The van der Waals surface area contributed by atoms with Crippen molar-refractivity contribution in [3.8, 4) is 11.3 Å². The number of nitrogens with zero attached hydrogens (tertiary/aromatic N) is 1. The third kappa shape index (κ3) is 2.90. The van der Waals surface area contributed by atoms with E-state index in [2.05, 4.69) is 26.0 Å². The van der Waals surface area contributed by atoms with E-state index in [4.69, 9.17) is 18.0 Å². The first-order valence-corrected chi connectivity index (χ1v) is 7.36. The number of rotatable bonds is 3. The minimum Gasteiger partial charge on any atom is -0.389 e. The molecule has 0 radical (unpaired) electrons. The van der Waals surface area contributed by atoms with Gasteiger partial charge < -0.3 is 10.3 Å². The van der Waals surface area contributed by atoms with Crippen LogP contribution in [0.15, 0.2) is 35.1 Å². The standard InChI is InChI=1S/C17H20N2OS/c1-10(2)19-15(8-7-14(16(18)21)17(19)20)13-6-5-11(3)12(4)9-13/h5-10H,1-4H3,(H2,18,21). The van der Waals surface area contributed by atoms with Gasteiger partial charge in [0.05, 0.1) is 11.3 Å². The minimum absolute atomic E-state index is 0.0309. The molecular formula is C17H20N2OS. The molecule has 0 unspecified atom stereocenters. The lowest BCUT2D eigenvalue weighted by Crippen LogP contribution is -2.30. The summed E-state index contributed by atoms with van der Waals surface area (Å²) in [6, 6.07) is 9.87. The van der Waals surface area contributed by atoms with E-state index in [0.717, 1.165) is 11.3 Å². The molecule has 21 heavy (non-hydrogen) atoms. The fraction of sp³-hybridized carbons (Fsp3) is 0.294. The summed E-state index contributed by atoms with van der Waals surface area (Å²) in [6.07, 6.45) is 0. The first-order valence-electron chi connectivity index (χ1n) is 6.96. The highest BCUT2D eigenvalue weighted by atomic mass is 32.1. The molecule has 1 aromatic carbocycles. The number of hydrogen-bond donors (Lipinski definition) is 1.